The maximum atomic E-state index is 12.9. The van der Waals surface area contributed by atoms with E-state index in [0.717, 1.165) is 19.3 Å². The lowest BCUT2D eigenvalue weighted by molar-refractivity contribution is 0.517. The van der Waals surface area contributed by atoms with Crippen molar-refractivity contribution < 1.29 is 4.21 Å². The normalized spacial score (nSPS) is 25.9. The Morgan fingerprint density at radius 2 is 1.95 bits per heavy atom. The average Bonchev–Trinajstić information content (AvgIpc) is 2.64. The van der Waals surface area contributed by atoms with E-state index in [9.17, 15) is 4.21 Å². The molecule has 4 atom stereocenters. The van der Waals surface area contributed by atoms with Crippen molar-refractivity contribution in [2.75, 3.05) is 7.05 Å². The van der Waals surface area contributed by atoms with Gasteiger partial charge in [-0.15, -0.1) is 0 Å². The minimum absolute atomic E-state index is 0.218. The van der Waals surface area contributed by atoms with E-state index in [4.69, 9.17) is 0 Å². The van der Waals surface area contributed by atoms with Crippen LogP contribution in [0.2, 0.25) is 0 Å². The van der Waals surface area contributed by atoms with Gasteiger partial charge in [0, 0.05) is 22.1 Å². The number of fused-ring (bicyclic) bond motifs is 1. The molecule has 112 valence electrons. The van der Waals surface area contributed by atoms with Crippen molar-refractivity contribution in [3.8, 4) is 0 Å². The summed E-state index contributed by atoms with van der Waals surface area (Å²) in [7, 11) is 1.20. The molecule has 0 saturated heterocycles. The SMILES string of the molecule is CNC1c2ccccc2CCCC1S(=O)C(C)C(C)C. The minimum Gasteiger partial charge on any atom is -0.312 e. The molecule has 1 aromatic carbocycles. The summed E-state index contributed by atoms with van der Waals surface area (Å²) in [4.78, 5) is 0. The van der Waals surface area contributed by atoms with Crippen molar-refractivity contribution >= 4 is 10.8 Å². The van der Waals surface area contributed by atoms with Crippen LogP contribution in [0.3, 0.4) is 0 Å². The Bertz CT molecular complexity index is 472. The molecule has 2 nitrogen and oxygen atoms in total. The van der Waals surface area contributed by atoms with Crippen molar-refractivity contribution in [1.29, 1.82) is 0 Å². The summed E-state index contributed by atoms with van der Waals surface area (Å²) < 4.78 is 12.9. The number of aryl methyl sites for hydroxylation is 1. The molecule has 0 heterocycles. The number of hydrogen-bond donors (Lipinski definition) is 1. The highest BCUT2D eigenvalue weighted by atomic mass is 32.2. The van der Waals surface area contributed by atoms with Gasteiger partial charge in [-0.1, -0.05) is 45.0 Å². The first-order valence-electron chi connectivity index (χ1n) is 7.70. The fourth-order valence-electron chi connectivity index (χ4n) is 3.06. The quantitative estimate of drug-likeness (QED) is 0.862. The number of rotatable bonds is 4. The van der Waals surface area contributed by atoms with Gasteiger partial charge in [-0.2, -0.15) is 0 Å². The topological polar surface area (TPSA) is 29.1 Å². The summed E-state index contributed by atoms with van der Waals surface area (Å²) in [6.45, 7) is 6.47. The second-order valence-electron chi connectivity index (χ2n) is 6.17. The van der Waals surface area contributed by atoms with Gasteiger partial charge in [0.05, 0.1) is 5.25 Å². The van der Waals surface area contributed by atoms with Gasteiger partial charge >= 0.3 is 0 Å². The average molecular weight is 293 g/mol. The van der Waals surface area contributed by atoms with Crippen molar-refractivity contribution in [2.24, 2.45) is 5.92 Å². The van der Waals surface area contributed by atoms with Crippen LogP contribution in [0.25, 0.3) is 0 Å². The van der Waals surface area contributed by atoms with Crippen molar-refractivity contribution in [2.45, 2.75) is 56.6 Å². The van der Waals surface area contributed by atoms with Crippen LogP contribution in [0.4, 0.5) is 0 Å². The summed E-state index contributed by atoms with van der Waals surface area (Å²) in [5.74, 6) is 0.465. The number of nitrogens with one attached hydrogen (secondary N) is 1. The van der Waals surface area contributed by atoms with Crippen LogP contribution in [0, 0.1) is 5.92 Å². The third kappa shape index (κ3) is 3.15. The van der Waals surface area contributed by atoms with Gasteiger partial charge in [-0.3, -0.25) is 4.21 Å². The molecule has 1 N–H and O–H groups in total. The fraction of sp³-hybridized carbons (Fsp3) is 0.647. The van der Waals surface area contributed by atoms with Gasteiger partial charge in [0.25, 0.3) is 0 Å². The lowest BCUT2D eigenvalue weighted by Crippen LogP contribution is -2.37. The highest BCUT2D eigenvalue weighted by Crippen LogP contribution is 2.33. The van der Waals surface area contributed by atoms with E-state index in [-0.39, 0.29) is 16.5 Å². The highest BCUT2D eigenvalue weighted by molar-refractivity contribution is 7.86. The molecule has 0 saturated carbocycles. The third-order valence-electron chi connectivity index (χ3n) is 4.61. The summed E-state index contributed by atoms with van der Waals surface area (Å²) in [6.07, 6.45) is 3.29. The Labute approximate surface area is 125 Å². The first-order chi connectivity index (χ1) is 9.56. The predicted octanol–water partition coefficient (Wildman–Crippen LogP) is 3.45. The monoisotopic (exact) mass is 293 g/mol. The maximum Gasteiger partial charge on any atom is 0.0545 e. The predicted molar refractivity (Wildman–Crippen MR) is 87.4 cm³/mol. The van der Waals surface area contributed by atoms with Crippen molar-refractivity contribution in [3.05, 3.63) is 35.4 Å². The van der Waals surface area contributed by atoms with Crippen LogP contribution in [0.15, 0.2) is 24.3 Å². The van der Waals surface area contributed by atoms with Crippen LogP contribution < -0.4 is 5.32 Å². The molecule has 0 amide bonds. The molecule has 2 rings (SSSR count). The van der Waals surface area contributed by atoms with Gasteiger partial charge in [0.2, 0.25) is 0 Å². The highest BCUT2D eigenvalue weighted by Gasteiger charge is 2.33. The van der Waals surface area contributed by atoms with Crippen LogP contribution >= 0.6 is 0 Å². The summed E-state index contributed by atoms with van der Waals surface area (Å²) >= 11 is 0. The molecule has 0 spiro atoms. The van der Waals surface area contributed by atoms with Gasteiger partial charge in [-0.05, 0) is 43.4 Å². The smallest absolute Gasteiger partial charge is 0.0545 e. The van der Waals surface area contributed by atoms with E-state index in [0.29, 0.717) is 5.92 Å². The van der Waals surface area contributed by atoms with Crippen LogP contribution in [0.1, 0.15) is 50.8 Å². The summed E-state index contributed by atoms with van der Waals surface area (Å²) in [5.41, 5.74) is 2.77. The Kier molecular flexibility index (Phi) is 5.39. The molecule has 0 radical (unpaired) electrons. The lowest BCUT2D eigenvalue weighted by Gasteiger charge is -2.29. The molecule has 20 heavy (non-hydrogen) atoms. The molecule has 1 aliphatic carbocycles. The van der Waals surface area contributed by atoms with E-state index in [1.165, 1.54) is 11.1 Å². The standard InChI is InChI=1S/C17H27NOS/c1-12(2)13(3)20(19)16-11-7-9-14-8-5-6-10-15(14)17(16)18-4/h5-6,8,10,12-13,16-18H,7,9,11H2,1-4H3. The van der Waals surface area contributed by atoms with E-state index >= 15 is 0 Å². The molecule has 1 aliphatic rings. The Hall–Kier alpha value is -0.670. The van der Waals surface area contributed by atoms with Gasteiger partial charge in [0.1, 0.15) is 0 Å². The molecule has 0 bridgehead atoms. The third-order valence-corrected chi connectivity index (χ3v) is 6.99. The van der Waals surface area contributed by atoms with Crippen molar-refractivity contribution in [3.63, 3.8) is 0 Å². The summed E-state index contributed by atoms with van der Waals surface area (Å²) in [6, 6.07) is 8.85. The molecule has 3 heteroatoms. The second-order valence-corrected chi connectivity index (χ2v) is 8.18. The Morgan fingerprint density at radius 3 is 2.60 bits per heavy atom. The van der Waals surface area contributed by atoms with Gasteiger partial charge in [-0.25, -0.2) is 0 Å². The molecule has 0 fully saturated rings. The Balaban J connectivity index is 2.32. The largest absolute Gasteiger partial charge is 0.312 e. The lowest BCUT2D eigenvalue weighted by atomic mass is 9.99. The molecule has 1 aromatic rings. The minimum atomic E-state index is -0.792. The molecule has 0 aromatic heterocycles. The van der Waals surface area contributed by atoms with Crippen LogP contribution in [-0.4, -0.2) is 21.8 Å². The fourth-order valence-corrected chi connectivity index (χ4v) is 5.10. The first-order valence-corrected chi connectivity index (χ1v) is 8.98. The van der Waals surface area contributed by atoms with Crippen LogP contribution in [0.5, 0.6) is 0 Å². The second kappa shape index (κ2) is 6.86. The zero-order valence-corrected chi connectivity index (χ0v) is 13.9. The molecular weight excluding hydrogens is 266 g/mol. The Morgan fingerprint density at radius 1 is 1.25 bits per heavy atom. The zero-order chi connectivity index (χ0) is 14.7. The number of hydrogen-bond acceptors (Lipinski definition) is 2. The molecule has 0 aliphatic heterocycles. The number of benzene rings is 1. The zero-order valence-electron chi connectivity index (χ0n) is 13.1. The van der Waals surface area contributed by atoms with Crippen LogP contribution in [-0.2, 0) is 17.2 Å². The van der Waals surface area contributed by atoms with Crippen molar-refractivity contribution in [1.82, 2.24) is 5.32 Å². The van der Waals surface area contributed by atoms with E-state index < -0.39 is 10.8 Å². The first kappa shape index (κ1) is 15.7. The summed E-state index contributed by atoms with van der Waals surface area (Å²) in [5, 5.41) is 3.91. The van der Waals surface area contributed by atoms with Gasteiger partial charge < -0.3 is 5.32 Å². The van der Waals surface area contributed by atoms with E-state index in [1.54, 1.807) is 0 Å². The molecular formula is C17H27NOS. The van der Waals surface area contributed by atoms with E-state index in [1.807, 2.05) is 7.05 Å². The van der Waals surface area contributed by atoms with Gasteiger partial charge in [0.15, 0.2) is 0 Å². The van der Waals surface area contributed by atoms with E-state index in [2.05, 4.69) is 50.4 Å². The maximum absolute atomic E-state index is 12.9. The molecule has 4 unspecified atom stereocenters.